The Morgan fingerprint density at radius 1 is 1.50 bits per heavy atom. The van der Waals surface area contributed by atoms with Crippen molar-refractivity contribution in [3.05, 3.63) is 0 Å². The molecule has 10 heavy (non-hydrogen) atoms. The third-order valence-corrected chi connectivity index (χ3v) is 2.66. The molecule has 0 amide bonds. The van der Waals surface area contributed by atoms with Gasteiger partial charge in [-0.3, -0.25) is 9.59 Å². The van der Waals surface area contributed by atoms with Crippen molar-refractivity contribution in [1.82, 2.24) is 0 Å². The molecule has 3 atom stereocenters. The van der Waals surface area contributed by atoms with E-state index in [1.807, 2.05) is 0 Å². The summed E-state index contributed by atoms with van der Waals surface area (Å²) < 4.78 is 0. The van der Waals surface area contributed by atoms with Crippen molar-refractivity contribution >= 4 is 11.6 Å². The Hall–Kier alpha value is -0.660. The quantitative estimate of drug-likeness (QED) is 0.502. The summed E-state index contributed by atoms with van der Waals surface area (Å²) in [6.07, 6.45) is 1.90. The molecule has 0 aromatic carbocycles. The number of ketones is 2. The second-order valence-corrected chi connectivity index (χ2v) is 3.40. The van der Waals surface area contributed by atoms with E-state index < -0.39 is 0 Å². The summed E-state index contributed by atoms with van der Waals surface area (Å²) in [4.78, 5) is 22.0. The van der Waals surface area contributed by atoms with Crippen molar-refractivity contribution in [2.24, 2.45) is 17.8 Å². The predicted molar refractivity (Wildman–Crippen MR) is 35.4 cm³/mol. The van der Waals surface area contributed by atoms with E-state index in [1.54, 1.807) is 0 Å². The highest BCUT2D eigenvalue weighted by atomic mass is 16.2. The van der Waals surface area contributed by atoms with Gasteiger partial charge in [-0.25, -0.2) is 0 Å². The lowest BCUT2D eigenvalue weighted by molar-refractivity contribution is -0.130. The van der Waals surface area contributed by atoms with Crippen LogP contribution in [-0.2, 0) is 9.59 Å². The van der Waals surface area contributed by atoms with Crippen molar-refractivity contribution in [3.63, 3.8) is 0 Å². The summed E-state index contributed by atoms with van der Waals surface area (Å²) in [5.41, 5.74) is 0. The van der Waals surface area contributed by atoms with Crippen molar-refractivity contribution in [2.75, 3.05) is 0 Å². The maximum Gasteiger partial charge on any atom is 0.146 e. The lowest BCUT2D eigenvalue weighted by atomic mass is 9.98. The van der Waals surface area contributed by atoms with E-state index in [1.165, 1.54) is 6.92 Å². The van der Waals surface area contributed by atoms with Crippen LogP contribution in [0.4, 0.5) is 0 Å². The van der Waals surface area contributed by atoms with Gasteiger partial charge in [0.05, 0.1) is 5.92 Å². The standard InChI is InChI=1S/C8H10O2/c1-4(9)6-2-5-3-7(5)8(6)10/h5-7H,2-3H2,1H3. The fourth-order valence-electron chi connectivity index (χ4n) is 1.90. The van der Waals surface area contributed by atoms with Crippen LogP contribution in [0.15, 0.2) is 0 Å². The molecule has 2 nitrogen and oxygen atoms in total. The normalized spacial score (nSPS) is 43.3. The molecule has 0 radical (unpaired) electrons. The van der Waals surface area contributed by atoms with Crippen molar-refractivity contribution in [2.45, 2.75) is 19.8 Å². The summed E-state index contributed by atoms with van der Waals surface area (Å²) in [7, 11) is 0. The SMILES string of the molecule is CC(=O)C1CC2CC2C1=O. The molecule has 0 bridgehead atoms. The molecular weight excluding hydrogens is 128 g/mol. The molecule has 0 aromatic rings. The molecule has 0 aliphatic heterocycles. The van der Waals surface area contributed by atoms with Gasteiger partial charge in [-0.05, 0) is 25.7 Å². The van der Waals surface area contributed by atoms with E-state index in [9.17, 15) is 9.59 Å². The summed E-state index contributed by atoms with van der Waals surface area (Å²) >= 11 is 0. The van der Waals surface area contributed by atoms with Crippen molar-refractivity contribution in [1.29, 1.82) is 0 Å². The van der Waals surface area contributed by atoms with Gasteiger partial charge in [-0.15, -0.1) is 0 Å². The molecule has 2 aliphatic rings. The molecule has 0 N–H and O–H groups in total. The molecule has 2 heteroatoms. The molecule has 2 fully saturated rings. The van der Waals surface area contributed by atoms with E-state index in [4.69, 9.17) is 0 Å². The lowest BCUT2D eigenvalue weighted by Crippen LogP contribution is -2.18. The molecule has 0 heterocycles. The third-order valence-electron chi connectivity index (χ3n) is 2.66. The highest BCUT2D eigenvalue weighted by Gasteiger charge is 2.54. The maximum absolute atomic E-state index is 11.2. The Bertz CT molecular complexity index is 207. The highest BCUT2D eigenvalue weighted by Crippen LogP contribution is 2.51. The van der Waals surface area contributed by atoms with Gasteiger partial charge in [0.2, 0.25) is 0 Å². The van der Waals surface area contributed by atoms with Crippen molar-refractivity contribution < 1.29 is 9.59 Å². The van der Waals surface area contributed by atoms with Crippen LogP contribution < -0.4 is 0 Å². The van der Waals surface area contributed by atoms with Crippen LogP contribution in [0.3, 0.4) is 0 Å². The van der Waals surface area contributed by atoms with E-state index in [2.05, 4.69) is 0 Å². The van der Waals surface area contributed by atoms with E-state index in [-0.39, 0.29) is 23.4 Å². The van der Waals surface area contributed by atoms with Crippen LogP contribution in [0.5, 0.6) is 0 Å². The van der Waals surface area contributed by atoms with Crippen LogP contribution >= 0.6 is 0 Å². The fraction of sp³-hybridized carbons (Fsp3) is 0.750. The summed E-state index contributed by atoms with van der Waals surface area (Å²) in [6.45, 7) is 1.52. The molecule has 0 aromatic heterocycles. The minimum atomic E-state index is -0.219. The van der Waals surface area contributed by atoms with Crippen LogP contribution in [0.25, 0.3) is 0 Å². The summed E-state index contributed by atoms with van der Waals surface area (Å²) in [5, 5.41) is 0. The molecule has 0 spiro atoms. The number of carbonyl (C=O) groups excluding carboxylic acids is 2. The van der Waals surface area contributed by atoms with Crippen LogP contribution in [0, 0.1) is 17.8 Å². The predicted octanol–water partition coefficient (Wildman–Crippen LogP) is 0.800. The van der Waals surface area contributed by atoms with Crippen molar-refractivity contribution in [3.8, 4) is 0 Å². The molecule has 0 saturated heterocycles. The molecule has 2 rings (SSSR count). The Labute approximate surface area is 59.6 Å². The first kappa shape index (κ1) is 6.08. The molecule has 54 valence electrons. The van der Waals surface area contributed by atoms with E-state index in [0.29, 0.717) is 5.92 Å². The van der Waals surface area contributed by atoms with E-state index in [0.717, 1.165) is 12.8 Å². The number of Topliss-reactive ketones (excluding diaryl/α,β-unsaturated/α-hetero) is 2. The monoisotopic (exact) mass is 138 g/mol. The zero-order valence-electron chi connectivity index (χ0n) is 5.96. The van der Waals surface area contributed by atoms with Gasteiger partial charge in [0.25, 0.3) is 0 Å². The Morgan fingerprint density at radius 2 is 2.20 bits per heavy atom. The first-order valence-corrected chi connectivity index (χ1v) is 3.74. The van der Waals surface area contributed by atoms with Gasteiger partial charge >= 0.3 is 0 Å². The van der Waals surface area contributed by atoms with Gasteiger partial charge in [0.15, 0.2) is 0 Å². The van der Waals surface area contributed by atoms with Crippen LogP contribution in [0.1, 0.15) is 19.8 Å². The van der Waals surface area contributed by atoms with E-state index >= 15 is 0 Å². The Kier molecular flexibility index (Phi) is 1.02. The molecule has 2 aliphatic carbocycles. The number of rotatable bonds is 1. The fourth-order valence-corrected chi connectivity index (χ4v) is 1.90. The largest absolute Gasteiger partial charge is 0.299 e. The number of hydrogen-bond acceptors (Lipinski definition) is 2. The number of carbonyl (C=O) groups is 2. The lowest BCUT2D eigenvalue weighted by Gasteiger charge is -2.03. The summed E-state index contributed by atoms with van der Waals surface area (Å²) in [6, 6.07) is 0. The first-order valence-electron chi connectivity index (χ1n) is 3.74. The average molecular weight is 138 g/mol. The molecule has 3 unspecified atom stereocenters. The zero-order valence-corrected chi connectivity index (χ0v) is 5.96. The molecular formula is C8H10O2. The van der Waals surface area contributed by atoms with Gasteiger partial charge in [-0.2, -0.15) is 0 Å². The Balaban J connectivity index is 2.14. The maximum atomic E-state index is 11.2. The number of hydrogen-bond donors (Lipinski definition) is 0. The molecule has 2 saturated carbocycles. The average Bonchev–Trinajstić information content (AvgIpc) is 2.54. The zero-order chi connectivity index (χ0) is 7.30. The Morgan fingerprint density at radius 3 is 2.50 bits per heavy atom. The summed E-state index contributed by atoms with van der Waals surface area (Å²) in [5.74, 6) is 0.939. The minimum Gasteiger partial charge on any atom is -0.299 e. The van der Waals surface area contributed by atoms with Gasteiger partial charge < -0.3 is 0 Å². The highest BCUT2D eigenvalue weighted by molar-refractivity contribution is 6.05. The third kappa shape index (κ3) is 0.648. The second-order valence-electron chi connectivity index (χ2n) is 3.40. The smallest absolute Gasteiger partial charge is 0.146 e. The topological polar surface area (TPSA) is 34.1 Å². The first-order chi connectivity index (χ1) is 4.70. The second kappa shape index (κ2) is 1.68. The number of fused-ring (bicyclic) bond motifs is 1. The van der Waals surface area contributed by atoms with Crippen LogP contribution in [0.2, 0.25) is 0 Å². The minimum absolute atomic E-state index is 0.0669. The van der Waals surface area contributed by atoms with Gasteiger partial charge in [0.1, 0.15) is 11.6 Å². The van der Waals surface area contributed by atoms with Crippen LogP contribution in [-0.4, -0.2) is 11.6 Å². The van der Waals surface area contributed by atoms with Gasteiger partial charge in [0, 0.05) is 5.92 Å². The van der Waals surface area contributed by atoms with Gasteiger partial charge in [-0.1, -0.05) is 0 Å².